The average molecular weight is 251 g/mol. The minimum absolute atomic E-state index is 0.0887. The Morgan fingerprint density at radius 3 is 3.17 bits per heavy atom. The molecule has 2 heterocycles. The third kappa shape index (κ3) is 2.76. The molecular weight excluding hydrogens is 234 g/mol. The van der Waals surface area contributed by atoms with Crippen LogP contribution in [0.4, 0.5) is 5.82 Å². The molecule has 2 unspecified atom stereocenters. The van der Waals surface area contributed by atoms with E-state index in [1.54, 1.807) is 0 Å². The van der Waals surface area contributed by atoms with Gasteiger partial charge in [-0.1, -0.05) is 0 Å². The fraction of sp³-hybridized carbons (Fsp3) is 0.583. The molecule has 0 amide bonds. The number of nitrogens with one attached hydrogen (secondary N) is 1. The monoisotopic (exact) mass is 251 g/mol. The number of hydrogen-bond donors (Lipinski definition) is 1. The van der Waals surface area contributed by atoms with Gasteiger partial charge in [-0.3, -0.25) is 0 Å². The highest BCUT2D eigenvalue weighted by molar-refractivity contribution is 5.94. The first-order valence-corrected chi connectivity index (χ1v) is 5.99. The van der Waals surface area contributed by atoms with Crippen molar-refractivity contribution in [1.29, 1.82) is 0 Å². The van der Waals surface area contributed by atoms with Crippen molar-refractivity contribution in [3.63, 3.8) is 0 Å². The van der Waals surface area contributed by atoms with Crippen molar-refractivity contribution >= 4 is 11.8 Å². The highest BCUT2D eigenvalue weighted by Gasteiger charge is 2.24. The molecule has 98 valence electrons. The molecule has 1 saturated heterocycles. The maximum atomic E-state index is 11.6. The molecule has 1 aliphatic rings. The molecule has 1 aromatic heterocycles. The van der Waals surface area contributed by atoms with Gasteiger partial charge in [-0.2, -0.15) is 0 Å². The molecule has 2 rings (SSSR count). The molecular formula is C12H17N3O3. The van der Waals surface area contributed by atoms with Gasteiger partial charge >= 0.3 is 5.97 Å². The fourth-order valence-corrected chi connectivity index (χ4v) is 2.01. The van der Waals surface area contributed by atoms with E-state index in [0.29, 0.717) is 11.4 Å². The molecule has 0 spiro atoms. The van der Waals surface area contributed by atoms with Gasteiger partial charge in [0.2, 0.25) is 0 Å². The smallest absolute Gasteiger partial charge is 0.343 e. The van der Waals surface area contributed by atoms with Gasteiger partial charge < -0.3 is 14.8 Å². The van der Waals surface area contributed by atoms with Crippen molar-refractivity contribution in [2.24, 2.45) is 0 Å². The average Bonchev–Trinajstić information content (AvgIpc) is 2.92. The SMILES string of the molecule is COC(=O)c1cncnc1NC(C)C1CCCO1. The number of esters is 1. The third-order valence-corrected chi connectivity index (χ3v) is 3.00. The molecule has 6 heteroatoms. The molecule has 1 aliphatic heterocycles. The van der Waals surface area contributed by atoms with E-state index in [2.05, 4.69) is 15.3 Å². The Morgan fingerprint density at radius 1 is 1.67 bits per heavy atom. The first-order chi connectivity index (χ1) is 8.72. The Balaban J connectivity index is 2.10. The van der Waals surface area contributed by atoms with Crippen molar-refractivity contribution in [3.05, 3.63) is 18.1 Å². The Bertz CT molecular complexity index is 419. The van der Waals surface area contributed by atoms with E-state index in [4.69, 9.17) is 9.47 Å². The van der Waals surface area contributed by atoms with Gasteiger partial charge in [-0.15, -0.1) is 0 Å². The number of ether oxygens (including phenoxy) is 2. The molecule has 0 radical (unpaired) electrons. The van der Waals surface area contributed by atoms with Crippen molar-refractivity contribution < 1.29 is 14.3 Å². The molecule has 0 aromatic carbocycles. The number of methoxy groups -OCH3 is 1. The van der Waals surface area contributed by atoms with E-state index in [-0.39, 0.29) is 12.1 Å². The number of carbonyl (C=O) groups excluding carboxylic acids is 1. The van der Waals surface area contributed by atoms with Gasteiger partial charge in [0.15, 0.2) is 0 Å². The van der Waals surface area contributed by atoms with E-state index in [1.807, 2.05) is 6.92 Å². The van der Waals surface area contributed by atoms with Gasteiger partial charge in [-0.05, 0) is 19.8 Å². The second-order valence-corrected chi connectivity index (χ2v) is 4.26. The summed E-state index contributed by atoms with van der Waals surface area (Å²) in [4.78, 5) is 19.5. The molecule has 0 saturated carbocycles. The Kier molecular flexibility index (Phi) is 4.09. The third-order valence-electron chi connectivity index (χ3n) is 3.00. The predicted octanol–water partition coefficient (Wildman–Crippen LogP) is 1.24. The maximum Gasteiger partial charge on any atom is 0.343 e. The summed E-state index contributed by atoms with van der Waals surface area (Å²) in [6.45, 7) is 2.81. The molecule has 18 heavy (non-hydrogen) atoms. The number of anilines is 1. The summed E-state index contributed by atoms with van der Waals surface area (Å²) in [5.74, 6) is 0.0393. The molecule has 2 atom stereocenters. The zero-order valence-corrected chi connectivity index (χ0v) is 10.5. The molecule has 0 aliphatic carbocycles. The van der Waals surface area contributed by atoms with Crippen LogP contribution in [0.25, 0.3) is 0 Å². The van der Waals surface area contributed by atoms with Crippen LogP contribution < -0.4 is 5.32 Å². The van der Waals surface area contributed by atoms with E-state index >= 15 is 0 Å². The number of rotatable bonds is 4. The normalized spacial score (nSPS) is 20.4. The Hall–Kier alpha value is -1.69. The van der Waals surface area contributed by atoms with Crippen LogP contribution in [0.2, 0.25) is 0 Å². The molecule has 1 fully saturated rings. The largest absolute Gasteiger partial charge is 0.465 e. The van der Waals surface area contributed by atoms with Crippen LogP contribution in [0.3, 0.4) is 0 Å². The molecule has 6 nitrogen and oxygen atoms in total. The second-order valence-electron chi connectivity index (χ2n) is 4.26. The number of aromatic nitrogens is 2. The van der Waals surface area contributed by atoms with E-state index < -0.39 is 5.97 Å². The van der Waals surface area contributed by atoms with Crippen molar-refractivity contribution in [3.8, 4) is 0 Å². The zero-order chi connectivity index (χ0) is 13.0. The van der Waals surface area contributed by atoms with Crippen LogP contribution in [0.5, 0.6) is 0 Å². The van der Waals surface area contributed by atoms with Crippen LogP contribution in [-0.2, 0) is 9.47 Å². The first-order valence-electron chi connectivity index (χ1n) is 5.99. The number of carbonyl (C=O) groups is 1. The van der Waals surface area contributed by atoms with Gasteiger partial charge in [-0.25, -0.2) is 14.8 Å². The minimum Gasteiger partial charge on any atom is -0.465 e. The summed E-state index contributed by atoms with van der Waals surface area (Å²) >= 11 is 0. The maximum absolute atomic E-state index is 11.6. The zero-order valence-electron chi connectivity index (χ0n) is 10.5. The summed E-state index contributed by atoms with van der Waals surface area (Å²) in [7, 11) is 1.34. The number of hydrogen-bond acceptors (Lipinski definition) is 6. The van der Waals surface area contributed by atoms with E-state index in [0.717, 1.165) is 19.4 Å². The van der Waals surface area contributed by atoms with Gasteiger partial charge in [0, 0.05) is 12.8 Å². The highest BCUT2D eigenvalue weighted by Crippen LogP contribution is 2.20. The lowest BCUT2D eigenvalue weighted by atomic mass is 10.1. The lowest BCUT2D eigenvalue weighted by Crippen LogP contribution is -2.31. The highest BCUT2D eigenvalue weighted by atomic mass is 16.5. The van der Waals surface area contributed by atoms with E-state index in [9.17, 15) is 4.79 Å². The lowest BCUT2D eigenvalue weighted by Gasteiger charge is -2.21. The van der Waals surface area contributed by atoms with Crippen LogP contribution in [0.1, 0.15) is 30.1 Å². The summed E-state index contributed by atoms with van der Waals surface area (Å²) in [6.07, 6.45) is 5.10. The summed E-state index contributed by atoms with van der Waals surface area (Å²) in [5.41, 5.74) is 0.338. The van der Waals surface area contributed by atoms with Crippen LogP contribution in [0, 0.1) is 0 Å². The molecule has 0 bridgehead atoms. The van der Waals surface area contributed by atoms with Crippen LogP contribution in [-0.4, -0.2) is 41.8 Å². The van der Waals surface area contributed by atoms with Crippen molar-refractivity contribution in [1.82, 2.24) is 9.97 Å². The lowest BCUT2D eigenvalue weighted by molar-refractivity contribution is 0.0600. The standard InChI is InChI=1S/C12H17N3O3/c1-8(10-4-3-5-18-10)15-11-9(12(16)17-2)6-13-7-14-11/h6-8,10H,3-5H2,1-2H3,(H,13,14,15). The molecule has 1 N–H and O–H groups in total. The summed E-state index contributed by atoms with van der Waals surface area (Å²) in [5, 5.41) is 3.19. The summed E-state index contributed by atoms with van der Waals surface area (Å²) in [6, 6.07) is 0.0887. The second kappa shape index (κ2) is 5.77. The Labute approximate surface area is 106 Å². The van der Waals surface area contributed by atoms with Crippen molar-refractivity contribution in [2.75, 3.05) is 19.0 Å². The van der Waals surface area contributed by atoms with Crippen molar-refractivity contribution in [2.45, 2.75) is 31.9 Å². The summed E-state index contributed by atoms with van der Waals surface area (Å²) < 4.78 is 10.3. The van der Waals surface area contributed by atoms with Crippen LogP contribution >= 0.6 is 0 Å². The van der Waals surface area contributed by atoms with Gasteiger partial charge in [0.05, 0.1) is 19.3 Å². The molecule has 1 aromatic rings. The van der Waals surface area contributed by atoms with Gasteiger partial charge in [0.25, 0.3) is 0 Å². The number of nitrogens with zero attached hydrogens (tertiary/aromatic N) is 2. The Morgan fingerprint density at radius 2 is 2.50 bits per heavy atom. The fourth-order valence-electron chi connectivity index (χ4n) is 2.01. The van der Waals surface area contributed by atoms with E-state index in [1.165, 1.54) is 19.6 Å². The topological polar surface area (TPSA) is 73.3 Å². The first kappa shape index (κ1) is 12.8. The quantitative estimate of drug-likeness (QED) is 0.812. The predicted molar refractivity (Wildman–Crippen MR) is 65.4 cm³/mol. The van der Waals surface area contributed by atoms with Crippen LogP contribution in [0.15, 0.2) is 12.5 Å². The van der Waals surface area contributed by atoms with Gasteiger partial charge in [0.1, 0.15) is 17.7 Å². The minimum atomic E-state index is -0.447.